The molecule has 2 N–H and O–H groups in total. The van der Waals surface area contributed by atoms with Crippen LogP contribution in [0.15, 0.2) is 48.5 Å². The third kappa shape index (κ3) is 3.15. The van der Waals surface area contributed by atoms with Crippen molar-refractivity contribution in [1.29, 1.82) is 0 Å². The van der Waals surface area contributed by atoms with Crippen molar-refractivity contribution in [1.82, 2.24) is 10.2 Å². The molecule has 2 atom stereocenters. The number of aliphatic hydroxyl groups excluding tert-OH is 1. The van der Waals surface area contributed by atoms with Gasteiger partial charge in [0.1, 0.15) is 5.01 Å². The fraction of sp³-hybridized carbons (Fsp3) is 0.222. The lowest BCUT2D eigenvalue weighted by Gasteiger charge is -2.16. The number of hydrogen-bond acceptors (Lipinski definition) is 5. The monoisotopic (exact) mass is 357 g/mol. The number of fused-ring (bicyclic) bond motifs is 1. The summed E-state index contributed by atoms with van der Waals surface area (Å²) < 4.78 is 0. The zero-order chi connectivity index (χ0) is 16.5. The first-order valence-electron chi connectivity index (χ1n) is 7.78. The van der Waals surface area contributed by atoms with Crippen LogP contribution in [-0.2, 0) is 12.8 Å². The van der Waals surface area contributed by atoms with Gasteiger partial charge in [0.25, 0.3) is 0 Å². The molecule has 1 heterocycles. The summed E-state index contributed by atoms with van der Waals surface area (Å²) in [4.78, 5) is 0. The SMILES string of the molecule is O[C@@H]1Cc2ccccc2[C@@H]1Nc1nnc(Cc2ccc(Cl)cc2)s1. The lowest BCUT2D eigenvalue weighted by atomic mass is 10.1. The van der Waals surface area contributed by atoms with Crippen LogP contribution >= 0.6 is 22.9 Å². The number of benzene rings is 2. The van der Waals surface area contributed by atoms with E-state index in [4.69, 9.17) is 11.6 Å². The van der Waals surface area contributed by atoms with Crippen LogP contribution in [0.5, 0.6) is 0 Å². The Morgan fingerprint density at radius 1 is 1.12 bits per heavy atom. The van der Waals surface area contributed by atoms with Crippen molar-refractivity contribution in [3.05, 3.63) is 75.3 Å². The minimum atomic E-state index is -0.439. The molecule has 0 saturated heterocycles. The van der Waals surface area contributed by atoms with Gasteiger partial charge in [0, 0.05) is 17.9 Å². The van der Waals surface area contributed by atoms with E-state index < -0.39 is 6.10 Å². The molecule has 4 nitrogen and oxygen atoms in total. The molecule has 0 saturated carbocycles. The summed E-state index contributed by atoms with van der Waals surface area (Å²) in [5, 5.41) is 24.5. The summed E-state index contributed by atoms with van der Waals surface area (Å²) in [6, 6.07) is 15.7. The zero-order valence-electron chi connectivity index (χ0n) is 12.8. The Morgan fingerprint density at radius 2 is 1.92 bits per heavy atom. The van der Waals surface area contributed by atoms with E-state index >= 15 is 0 Å². The van der Waals surface area contributed by atoms with Gasteiger partial charge in [0.05, 0.1) is 12.1 Å². The van der Waals surface area contributed by atoms with Gasteiger partial charge in [-0.15, -0.1) is 10.2 Å². The van der Waals surface area contributed by atoms with Gasteiger partial charge in [0.2, 0.25) is 5.13 Å². The standard InChI is InChI=1S/C18H16ClN3OS/c19-13-7-5-11(6-8-13)9-16-21-22-18(24-16)20-17-14-4-2-1-3-12(14)10-15(17)23/h1-8,15,17,23H,9-10H2,(H,20,22)/t15-,17+/m1/s1. The summed E-state index contributed by atoms with van der Waals surface area (Å²) in [7, 11) is 0. The molecular formula is C18H16ClN3OS. The van der Waals surface area contributed by atoms with Crippen LogP contribution < -0.4 is 5.32 Å². The van der Waals surface area contributed by atoms with Gasteiger partial charge < -0.3 is 10.4 Å². The van der Waals surface area contributed by atoms with Crippen molar-refractivity contribution >= 4 is 28.1 Å². The summed E-state index contributed by atoms with van der Waals surface area (Å²) in [5.74, 6) is 0. The average molecular weight is 358 g/mol. The highest BCUT2D eigenvalue weighted by atomic mass is 35.5. The highest BCUT2D eigenvalue weighted by Gasteiger charge is 2.31. The van der Waals surface area contributed by atoms with Crippen LogP contribution in [0.2, 0.25) is 5.02 Å². The van der Waals surface area contributed by atoms with Crippen molar-refractivity contribution < 1.29 is 5.11 Å². The van der Waals surface area contributed by atoms with Gasteiger partial charge in [0.15, 0.2) is 0 Å². The largest absolute Gasteiger partial charge is 0.390 e. The van der Waals surface area contributed by atoms with Crippen LogP contribution in [0, 0.1) is 0 Å². The van der Waals surface area contributed by atoms with Gasteiger partial charge in [-0.3, -0.25) is 0 Å². The van der Waals surface area contributed by atoms with Gasteiger partial charge in [-0.2, -0.15) is 0 Å². The minimum Gasteiger partial charge on any atom is -0.390 e. The summed E-state index contributed by atoms with van der Waals surface area (Å²) >= 11 is 7.43. The number of halogens is 1. The first-order chi connectivity index (χ1) is 11.7. The molecule has 4 rings (SSSR count). The predicted molar refractivity (Wildman–Crippen MR) is 96.7 cm³/mol. The van der Waals surface area contributed by atoms with Crippen molar-refractivity contribution in [2.45, 2.75) is 25.0 Å². The molecule has 2 aromatic carbocycles. The molecule has 122 valence electrons. The Balaban J connectivity index is 1.48. The van der Waals surface area contributed by atoms with Gasteiger partial charge in [-0.25, -0.2) is 0 Å². The second kappa shape index (κ2) is 6.51. The van der Waals surface area contributed by atoms with E-state index in [1.807, 2.05) is 36.4 Å². The second-order valence-corrected chi connectivity index (χ2v) is 7.39. The van der Waals surface area contributed by atoms with Crippen LogP contribution in [0.4, 0.5) is 5.13 Å². The number of aliphatic hydroxyl groups is 1. The topological polar surface area (TPSA) is 58.0 Å². The summed E-state index contributed by atoms with van der Waals surface area (Å²) in [6.07, 6.45) is 0.955. The van der Waals surface area contributed by atoms with Crippen molar-refractivity contribution in [3.8, 4) is 0 Å². The fourth-order valence-electron chi connectivity index (χ4n) is 3.04. The Labute approximate surface area is 149 Å². The zero-order valence-corrected chi connectivity index (χ0v) is 14.4. The third-order valence-corrected chi connectivity index (χ3v) is 5.32. The van der Waals surface area contributed by atoms with Gasteiger partial charge in [-0.05, 0) is 28.8 Å². The molecule has 0 radical (unpaired) electrons. The molecular weight excluding hydrogens is 342 g/mol. The first kappa shape index (κ1) is 15.6. The molecule has 0 aliphatic heterocycles. The van der Waals surface area contributed by atoms with Gasteiger partial charge in [-0.1, -0.05) is 59.3 Å². The van der Waals surface area contributed by atoms with Crippen LogP contribution in [0.25, 0.3) is 0 Å². The smallest absolute Gasteiger partial charge is 0.206 e. The maximum absolute atomic E-state index is 10.3. The van der Waals surface area contributed by atoms with E-state index in [0.29, 0.717) is 6.42 Å². The third-order valence-electron chi connectivity index (χ3n) is 4.22. The van der Waals surface area contributed by atoms with E-state index in [9.17, 15) is 5.11 Å². The Bertz CT molecular complexity index is 849. The number of anilines is 1. The van der Waals surface area contributed by atoms with E-state index in [-0.39, 0.29) is 6.04 Å². The molecule has 0 unspecified atom stereocenters. The summed E-state index contributed by atoms with van der Waals surface area (Å²) in [6.45, 7) is 0. The van der Waals surface area contributed by atoms with Crippen LogP contribution in [0.3, 0.4) is 0 Å². The van der Waals surface area contributed by atoms with E-state index in [1.165, 1.54) is 16.9 Å². The number of nitrogens with one attached hydrogen (secondary N) is 1. The molecule has 0 bridgehead atoms. The van der Waals surface area contributed by atoms with Crippen LogP contribution in [0.1, 0.15) is 27.7 Å². The molecule has 0 amide bonds. The number of aromatic nitrogens is 2. The molecule has 1 aromatic heterocycles. The molecule has 1 aliphatic rings. The van der Waals surface area contributed by atoms with Crippen molar-refractivity contribution in [2.24, 2.45) is 0 Å². The Hall–Kier alpha value is -1.95. The minimum absolute atomic E-state index is 0.127. The fourth-order valence-corrected chi connectivity index (χ4v) is 3.98. The number of rotatable bonds is 4. The molecule has 0 spiro atoms. The highest BCUT2D eigenvalue weighted by Crippen LogP contribution is 2.34. The maximum atomic E-state index is 10.3. The Morgan fingerprint density at radius 3 is 2.75 bits per heavy atom. The predicted octanol–water partition coefficient (Wildman–Crippen LogP) is 3.85. The quantitative estimate of drug-likeness (QED) is 0.744. The van der Waals surface area contributed by atoms with E-state index in [2.05, 4.69) is 27.6 Å². The highest BCUT2D eigenvalue weighted by molar-refractivity contribution is 7.15. The molecule has 0 fully saturated rings. The van der Waals surface area contributed by atoms with Crippen LogP contribution in [-0.4, -0.2) is 21.4 Å². The first-order valence-corrected chi connectivity index (χ1v) is 8.98. The maximum Gasteiger partial charge on any atom is 0.206 e. The second-order valence-electron chi connectivity index (χ2n) is 5.90. The molecule has 1 aliphatic carbocycles. The molecule has 3 aromatic rings. The van der Waals surface area contributed by atoms with Crippen molar-refractivity contribution in [3.63, 3.8) is 0 Å². The lowest BCUT2D eigenvalue weighted by Crippen LogP contribution is -2.21. The van der Waals surface area contributed by atoms with Crippen molar-refractivity contribution in [2.75, 3.05) is 5.32 Å². The summed E-state index contributed by atoms with van der Waals surface area (Å²) in [5.41, 5.74) is 3.47. The lowest BCUT2D eigenvalue weighted by molar-refractivity contribution is 0.166. The Kier molecular flexibility index (Phi) is 4.22. The average Bonchev–Trinajstić information content (AvgIpc) is 3.15. The molecule has 24 heavy (non-hydrogen) atoms. The normalized spacial score (nSPS) is 19.2. The van der Waals surface area contributed by atoms with Gasteiger partial charge >= 0.3 is 0 Å². The number of nitrogens with zero attached hydrogens (tertiary/aromatic N) is 2. The molecule has 6 heteroatoms. The number of hydrogen-bond donors (Lipinski definition) is 2. The van der Waals surface area contributed by atoms with E-state index in [1.54, 1.807) is 0 Å². The van der Waals surface area contributed by atoms with E-state index in [0.717, 1.165) is 32.7 Å².